The van der Waals surface area contributed by atoms with Gasteiger partial charge in [-0.25, -0.2) is 0 Å². The molecule has 166 valence electrons. The lowest BCUT2D eigenvalue weighted by Crippen LogP contribution is -2.57. The van der Waals surface area contributed by atoms with Crippen LogP contribution in [0.3, 0.4) is 0 Å². The maximum atomic E-state index is 10.4. The van der Waals surface area contributed by atoms with Gasteiger partial charge in [0.2, 0.25) is 0 Å². The summed E-state index contributed by atoms with van der Waals surface area (Å²) in [6.07, 6.45) is 21.4. The minimum Gasteiger partial charge on any atom is -0.481 e. The molecule has 0 atom stereocenters. The predicted octanol–water partition coefficient (Wildman–Crippen LogP) is 7.48. The molecule has 0 aliphatic carbocycles. The van der Waals surface area contributed by atoms with E-state index in [2.05, 4.69) is 33.0 Å². The van der Waals surface area contributed by atoms with Crippen molar-refractivity contribution < 1.29 is 9.90 Å². The molecule has 1 fully saturated rings. The van der Waals surface area contributed by atoms with Crippen LogP contribution in [0.25, 0.3) is 0 Å². The average Bonchev–Trinajstić information content (AvgIpc) is 2.55. The van der Waals surface area contributed by atoms with Crippen molar-refractivity contribution in [2.24, 2.45) is 5.92 Å². The molecule has 0 bridgehead atoms. The molecule has 1 aliphatic rings. The number of carboxylic acid groups (broad SMARTS) is 1. The molecule has 0 aromatic rings. The smallest absolute Gasteiger partial charge is 0.303 e. The van der Waals surface area contributed by atoms with Crippen molar-refractivity contribution in [3.05, 3.63) is 0 Å². The van der Waals surface area contributed by atoms with Crippen LogP contribution in [-0.2, 0) is 4.79 Å². The molecule has 0 amide bonds. The average molecular weight is 396 g/mol. The Morgan fingerprint density at radius 2 is 1.07 bits per heavy atom. The van der Waals surface area contributed by atoms with Crippen LogP contribution in [0.4, 0.5) is 0 Å². The highest BCUT2D eigenvalue weighted by atomic mass is 16.4. The SMILES string of the molecule is CC1(C)CC(CCCCCCCCCCCCCCCC(=O)O)CC(C)(C)N1. The molecule has 0 aromatic heterocycles. The summed E-state index contributed by atoms with van der Waals surface area (Å²) in [6.45, 7) is 9.45. The van der Waals surface area contributed by atoms with E-state index in [1.165, 1.54) is 89.9 Å². The van der Waals surface area contributed by atoms with E-state index in [0.29, 0.717) is 17.5 Å². The largest absolute Gasteiger partial charge is 0.481 e. The normalized spacial score (nSPS) is 19.0. The van der Waals surface area contributed by atoms with Gasteiger partial charge in [-0.3, -0.25) is 4.79 Å². The van der Waals surface area contributed by atoms with Crippen molar-refractivity contribution >= 4 is 5.97 Å². The van der Waals surface area contributed by atoms with Gasteiger partial charge in [0.15, 0.2) is 0 Å². The predicted molar refractivity (Wildman–Crippen MR) is 121 cm³/mol. The fourth-order valence-corrected chi connectivity index (χ4v) is 5.39. The molecular weight excluding hydrogens is 346 g/mol. The molecule has 1 rings (SSSR count). The van der Waals surface area contributed by atoms with Crippen LogP contribution in [0.15, 0.2) is 0 Å². The zero-order valence-electron chi connectivity index (χ0n) is 19.5. The van der Waals surface area contributed by atoms with Crippen LogP contribution in [0.2, 0.25) is 0 Å². The molecule has 1 saturated heterocycles. The summed E-state index contributed by atoms with van der Waals surface area (Å²) >= 11 is 0. The fraction of sp³-hybridized carbons (Fsp3) is 0.960. The number of unbranched alkanes of at least 4 members (excludes halogenated alkanes) is 12. The molecule has 3 heteroatoms. The summed E-state index contributed by atoms with van der Waals surface area (Å²) < 4.78 is 0. The highest BCUT2D eigenvalue weighted by Gasteiger charge is 2.36. The van der Waals surface area contributed by atoms with E-state index >= 15 is 0 Å². The van der Waals surface area contributed by atoms with Crippen molar-refractivity contribution in [1.29, 1.82) is 0 Å². The van der Waals surface area contributed by atoms with Crippen molar-refractivity contribution in [1.82, 2.24) is 5.32 Å². The molecule has 1 heterocycles. The maximum Gasteiger partial charge on any atom is 0.303 e. The second-order valence-corrected chi connectivity index (χ2v) is 10.7. The molecule has 1 aliphatic heterocycles. The quantitative estimate of drug-likeness (QED) is 0.266. The summed E-state index contributed by atoms with van der Waals surface area (Å²) in [4.78, 5) is 10.4. The van der Waals surface area contributed by atoms with Gasteiger partial charge in [-0.1, -0.05) is 83.5 Å². The van der Waals surface area contributed by atoms with Crippen LogP contribution in [0.1, 0.15) is 137 Å². The second kappa shape index (κ2) is 13.6. The van der Waals surface area contributed by atoms with Gasteiger partial charge < -0.3 is 10.4 Å². The van der Waals surface area contributed by atoms with E-state index in [0.717, 1.165) is 18.8 Å². The first-order valence-corrected chi connectivity index (χ1v) is 12.2. The van der Waals surface area contributed by atoms with Crippen LogP contribution >= 0.6 is 0 Å². The lowest BCUT2D eigenvalue weighted by Gasteiger charge is -2.46. The van der Waals surface area contributed by atoms with Crippen molar-refractivity contribution in [3.63, 3.8) is 0 Å². The Bertz CT molecular complexity index is 401. The van der Waals surface area contributed by atoms with Gasteiger partial charge in [-0.15, -0.1) is 0 Å². The zero-order chi connectivity index (χ0) is 20.9. The van der Waals surface area contributed by atoms with Crippen LogP contribution in [0, 0.1) is 5.92 Å². The molecule has 0 saturated carbocycles. The number of piperidine rings is 1. The number of hydrogen-bond acceptors (Lipinski definition) is 2. The van der Waals surface area contributed by atoms with E-state index in [4.69, 9.17) is 5.11 Å². The maximum absolute atomic E-state index is 10.4. The molecule has 0 unspecified atom stereocenters. The van der Waals surface area contributed by atoms with E-state index < -0.39 is 5.97 Å². The first-order chi connectivity index (χ1) is 13.2. The van der Waals surface area contributed by atoms with Gasteiger partial charge in [-0.05, 0) is 52.9 Å². The highest BCUT2D eigenvalue weighted by Crippen LogP contribution is 2.35. The Morgan fingerprint density at radius 1 is 0.714 bits per heavy atom. The van der Waals surface area contributed by atoms with Crippen LogP contribution < -0.4 is 5.32 Å². The van der Waals surface area contributed by atoms with E-state index in [9.17, 15) is 4.79 Å². The van der Waals surface area contributed by atoms with Gasteiger partial charge in [0.25, 0.3) is 0 Å². The van der Waals surface area contributed by atoms with Crippen molar-refractivity contribution in [2.75, 3.05) is 0 Å². The Morgan fingerprint density at radius 3 is 1.46 bits per heavy atom. The summed E-state index contributed by atoms with van der Waals surface area (Å²) in [5, 5.41) is 12.4. The van der Waals surface area contributed by atoms with Crippen molar-refractivity contribution in [2.45, 2.75) is 148 Å². The Kier molecular flexibility index (Phi) is 12.4. The first kappa shape index (κ1) is 25.5. The molecule has 0 spiro atoms. The Hall–Kier alpha value is -0.570. The third-order valence-electron chi connectivity index (χ3n) is 6.28. The monoisotopic (exact) mass is 395 g/mol. The van der Waals surface area contributed by atoms with Crippen molar-refractivity contribution in [3.8, 4) is 0 Å². The molecular formula is C25H49NO2. The van der Waals surface area contributed by atoms with Gasteiger partial charge in [-0.2, -0.15) is 0 Å². The van der Waals surface area contributed by atoms with Gasteiger partial charge in [0.05, 0.1) is 0 Å². The minimum absolute atomic E-state index is 0.297. The summed E-state index contributed by atoms with van der Waals surface area (Å²) in [6, 6.07) is 0. The Balaban J connectivity index is 1.85. The van der Waals surface area contributed by atoms with E-state index in [-0.39, 0.29) is 0 Å². The number of rotatable bonds is 16. The third-order valence-corrected chi connectivity index (χ3v) is 6.28. The fourth-order valence-electron chi connectivity index (χ4n) is 5.39. The zero-order valence-corrected chi connectivity index (χ0v) is 19.5. The van der Waals surface area contributed by atoms with Crippen LogP contribution in [0.5, 0.6) is 0 Å². The van der Waals surface area contributed by atoms with E-state index in [1.807, 2.05) is 0 Å². The standard InChI is InChI=1S/C25H49NO2/c1-24(2)20-22(21-25(3,4)26-24)18-16-14-12-10-8-6-5-7-9-11-13-15-17-19-23(27)28/h22,26H,5-21H2,1-4H3,(H,27,28). The first-order valence-electron chi connectivity index (χ1n) is 12.2. The molecule has 0 radical (unpaired) electrons. The summed E-state index contributed by atoms with van der Waals surface area (Å²) in [7, 11) is 0. The minimum atomic E-state index is -0.654. The van der Waals surface area contributed by atoms with Gasteiger partial charge >= 0.3 is 5.97 Å². The number of nitrogens with one attached hydrogen (secondary N) is 1. The van der Waals surface area contributed by atoms with Crippen LogP contribution in [-0.4, -0.2) is 22.2 Å². The topological polar surface area (TPSA) is 49.3 Å². The second-order valence-electron chi connectivity index (χ2n) is 10.7. The Labute approximate surface area is 175 Å². The summed E-state index contributed by atoms with van der Waals surface area (Å²) in [5.74, 6) is 0.245. The number of aliphatic carboxylic acids is 1. The molecule has 28 heavy (non-hydrogen) atoms. The van der Waals surface area contributed by atoms with E-state index in [1.54, 1.807) is 0 Å². The number of carbonyl (C=O) groups is 1. The number of carboxylic acids is 1. The molecule has 2 N–H and O–H groups in total. The van der Waals surface area contributed by atoms with Gasteiger partial charge in [0, 0.05) is 17.5 Å². The molecule has 3 nitrogen and oxygen atoms in total. The lowest BCUT2D eigenvalue weighted by molar-refractivity contribution is -0.137. The summed E-state index contributed by atoms with van der Waals surface area (Å²) in [5.41, 5.74) is 0.593. The lowest BCUT2D eigenvalue weighted by atomic mass is 9.74. The third kappa shape index (κ3) is 13.6. The highest BCUT2D eigenvalue weighted by molar-refractivity contribution is 5.66. The van der Waals surface area contributed by atoms with Gasteiger partial charge in [0.1, 0.15) is 0 Å². The molecule has 0 aromatic carbocycles. The number of hydrogen-bond donors (Lipinski definition) is 2.